The molecular formula is C45H83N9O10. The van der Waals surface area contributed by atoms with Crippen LogP contribution in [0.25, 0.3) is 0 Å². The highest BCUT2D eigenvalue weighted by molar-refractivity contribution is 5.96. The molecule has 9 atom stereocenters. The van der Waals surface area contributed by atoms with E-state index in [0.29, 0.717) is 25.7 Å². The van der Waals surface area contributed by atoms with Gasteiger partial charge in [-0.15, -0.1) is 0 Å². The third-order valence-electron chi connectivity index (χ3n) is 10.8. The fourth-order valence-electron chi connectivity index (χ4n) is 6.72. The Morgan fingerprint density at radius 3 is 1.14 bits per heavy atom. The highest BCUT2D eigenvalue weighted by atomic mass is 16.4. The number of aliphatic carboxylic acids is 1. The van der Waals surface area contributed by atoms with Crippen molar-refractivity contribution in [1.82, 2.24) is 42.5 Å². The van der Waals surface area contributed by atoms with Crippen molar-refractivity contribution in [3.8, 4) is 0 Å². The number of nitrogens with two attached hydrogens (primary N) is 1. The van der Waals surface area contributed by atoms with E-state index in [9.17, 15) is 48.3 Å². The van der Waals surface area contributed by atoms with E-state index in [-0.39, 0.29) is 36.5 Å². The molecule has 0 spiro atoms. The highest BCUT2D eigenvalue weighted by Gasteiger charge is 2.34. The molecule has 8 amide bonds. The van der Waals surface area contributed by atoms with E-state index >= 15 is 0 Å². The fourth-order valence-corrected chi connectivity index (χ4v) is 6.72. The number of hydrogen-bond donors (Lipinski definition) is 10. The second kappa shape index (κ2) is 29.6. The summed E-state index contributed by atoms with van der Waals surface area (Å²) in [5, 5.41) is 30.6. The zero-order valence-corrected chi connectivity index (χ0v) is 40.9. The Balaban J connectivity index is 5.82. The summed E-state index contributed by atoms with van der Waals surface area (Å²) in [6.45, 7) is 24.4. The lowest BCUT2D eigenvalue weighted by atomic mass is 9.96. The fraction of sp³-hybridized carbons (Fsp3) is 0.800. The van der Waals surface area contributed by atoms with Crippen LogP contribution in [0.5, 0.6) is 0 Å². The van der Waals surface area contributed by atoms with Crippen molar-refractivity contribution >= 4 is 53.2 Å². The number of amides is 8. The normalized spacial score (nSPS) is 15.8. The van der Waals surface area contributed by atoms with E-state index < -0.39 is 126 Å². The van der Waals surface area contributed by atoms with Crippen LogP contribution < -0.4 is 48.3 Å². The molecule has 0 saturated heterocycles. The average Bonchev–Trinajstić information content (AvgIpc) is 3.19. The standard InChI is InChI=1S/C45H83N9O10/c1-15-28(13)37(52-34(55)21-47-40(58)31(18-24(5)6)50-41(59)32(19-25(7)8)49-39(57)30(46)17-23(3)4)43(61)48-22-35(56)53-38(29(14)16-2)44(62)51-33(20-26(9)10)42(60)54-36(27(11)12)45(63)64/h23-33,36-38H,15-22,46H2,1-14H3,(H,47,58)(H,48,61)(H,49,57)(H,50,59)(H,51,62)(H,52,55)(H,53,56)(H,54,60)(H,63,64)/t28-,29-,30-,31-,32-,33-,36-,37-,38-/m0/s1. The minimum atomic E-state index is -1.21. The molecule has 0 saturated carbocycles. The van der Waals surface area contributed by atoms with Crippen molar-refractivity contribution in [2.75, 3.05) is 13.1 Å². The van der Waals surface area contributed by atoms with E-state index in [1.165, 1.54) is 0 Å². The van der Waals surface area contributed by atoms with E-state index in [1.807, 2.05) is 69.2 Å². The Kier molecular flexibility index (Phi) is 27.4. The first kappa shape index (κ1) is 59.2. The number of carbonyl (C=O) groups excluding carboxylic acids is 8. The van der Waals surface area contributed by atoms with Crippen LogP contribution in [0.4, 0.5) is 0 Å². The molecule has 0 aromatic rings. The molecule has 0 unspecified atom stereocenters. The zero-order chi connectivity index (χ0) is 49.6. The van der Waals surface area contributed by atoms with Gasteiger partial charge in [0.15, 0.2) is 0 Å². The SMILES string of the molecule is CC[C@H](C)[C@H](NC(=O)CNC(=O)[C@H](CC(C)C)NC(=O)[C@H](CC(C)C)NC(=O)[C@@H](N)CC(C)C)C(=O)NCC(=O)N[C@H](C(=O)N[C@@H](CC(C)C)C(=O)N[C@H](C(=O)O)C(C)C)[C@@H](C)CC. The van der Waals surface area contributed by atoms with Gasteiger partial charge in [0.25, 0.3) is 0 Å². The lowest BCUT2D eigenvalue weighted by Crippen LogP contribution is -2.59. The van der Waals surface area contributed by atoms with Gasteiger partial charge >= 0.3 is 5.97 Å². The maximum absolute atomic E-state index is 13.6. The molecule has 64 heavy (non-hydrogen) atoms. The van der Waals surface area contributed by atoms with Crippen molar-refractivity contribution in [1.29, 1.82) is 0 Å². The third kappa shape index (κ3) is 22.7. The van der Waals surface area contributed by atoms with Crippen LogP contribution >= 0.6 is 0 Å². The van der Waals surface area contributed by atoms with E-state index in [1.54, 1.807) is 27.7 Å². The van der Waals surface area contributed by atoms with Crippen LogP contribution in [-0.4, -0.2) is 114 Å². The molecule has 368 valence electrons. The van der Waals surface area contributed by atoms with Gasteiger partial charge in [-0.05, 0) is 67.1 Å². The highest BCUT2D eigenvalue weighted by Crippen LogP contribution is 2.14. The second-order valence-corrected chi connectivity index (χ2v) is 19.2. The molecule has 0 aromatic carbocycles. The van der Waals surface area contributed by atoms with Crippen LogP contribution in [0, 0.1) is 41.4 Å². The largest absolute Gasteiger partial charge is 0.480 e. The maximum Gasteiger partial charge on any atom is 0.326 e. The van der Waals surface area contributed by atoms with E-state index in [2.05, 4.69) is 42.5 Å². The molecule has 0 radical (unpaired) electrons. The van der Waals surface area contributed by atoms with Gasteiger partial charge < -0.3 is 53.4 Å². The lowest BCUT2D eigenvalue weighted by molar-refractivity contribution is -0.143. The first-order valence-corrected chi connectivity index (χ1v) is 23.0. The minimum Gasteiger partial charge on any atom is -0.480 e. The average molecular weight is 910 g/mol. The predicted molar refractivity (Wildman–Crippen MR) is 245 cm³/mol. The molecule has 19 heteroatoms. The monoisotopic (exact) mass is 910 g/mol. The number of rotatable bonds is 30. The Labute approximate surface area is 381 Å². The summed E-state index contributed by atoms with van der Waals surface area (Å²) >= 11 is 0. The van der Waals surface area contributed by atoms with Gasteiger partial charge in [0.1, 0.15) is 36.3 Å². The van der Waals surface area contributed by atoms with Crippen LogP contribution in [0.1, 0.15) is 135 Å². The summed E-state index contributed by atoms with van der Waals surface area (Å²) in [5.41, 5.74) is 6.06. The molecule has 0 aliphatic heterocycles. The molecular weight excluding hydrogens is 827 g/mol. The Morgan fingerprint density at radius 2 is 0.766 bits per heavy atom. The van der Waals surface area contributed by atoms with Crippen LogP contribution in [-0.2, 0) is 43.2 Å². The van der Waals surface area contributed by atoms with Gasteiger partial charge in [-0.2, -0.15) is 0 Å². The van der Waals surface area contributed by atoms with Gasteiger partial charge in [-0.25, -0.2) is 4.79 Å². The molecule has 0 heterocycles. The zero-order valence-electron chi connectivity index (χ0n) is 40.9. The molecule has 0 aromatic heterocycles. The molecule has 11 N–H and O–H groups in total. The second-order valence-electron chi connectivity index (χ2n) is 19.2. The molecule has 0 bridgehead atoms. The van der Waals surface area contributed by atoms with Gasteiger partial charge in [0.05, 0.1) is 19.1 Å². The smallest absolute Gasteiger partial charge is 0.326 e. The topological polar surface area (TPSA) is 296 Å². The summed E-state index contributed by atoms with van der Waals surface area (Å²) in [5.74, 6) is -7.42. The first-order valence-electron chi connectivity index (χ1n) is 23.0. The van der Waals surface area contributed by atoms with Crippen LogP contribution in [0.2, 0.25) is 0 Å². The number of nitrogens with one attached hydrogen (secondary N) is 8. The number of carboxylic acid groups (broad SMARTS) is 1. The number of carboxylic acids is 1. The van der Waals surface area contributed by atoms with Crippen molar-refractivity contribution in [3.05, 3.63) is 0 Å². The third-order valence-corrected chi connectivity index (χ3v) is 10.8. The van der Waals surface area contributed by atoms with Gasteiger partial charge in [0.2, 0.25) is 47.3 Å². The first-order chi connectivity index (χ1) is 29.6. The Hall–Kier alpha value is -4.81. The van der Waals surface area contributed by atoms with E-state index in [4.69, 9.17) is 5.73 Å². The van der Waals surface area contributed by atoms with Crippen molar-refractivity contribution in [2.24, 2.45) is 47.2 Å². The summed E-state index contributed by atoms with van der Waals surface area (Å²) in [6.07, 6.45) is 2.09. The predicted octanol–water partition coefficient (Wildman–Crippen LogP) is 1.47. The van der Waals surface area contributed by atoms with Gasteiger partial charge in [-0.3, -0.25) is 38.4 Å². The maximum atomic E-state index is 13.6. The molecule has 0 aliphatic rings. The summed E-state index contributed by atoms with van der Waals surface area (Å²) in [7, 11) is 0. The summed E-state index contributed by atoms with van der Waals surface area (Å²) < 4.78 is 0. The van der Waals surface area contributed by atoms with Gasteiger partial charge in [0, 0.05) is 0 Å². The van der Waals surface area contributed by atoms with E-state index in [0.717, 1.165) is 0 Å². The van der Waals surface area contributed by atoms with Crippen molar-refractivity contribution in [2.45, 2.75) is 178 Å². The van der Waals surface area contributed by atoms with Crippen LogP contribution in [0.3, 0.4) is 0 Å². The molecule has 19 nitrogen and oxygen atoms in total. The summed E-state index contributed by atoms with van der Waals surface area (Å²) in [4.78, 5) is 118. The molecule has 0 rings (SSSR count). The Bertz CT molecular complexity index is 1550. The van der Waals surface area contributed by atoms with Crippen molar-refractivity contribution < 1.29 is 48.3 Å². The van der Waals surface area contributed by atoms with Gasteiger partial charge in [-0.1, -0.05) is 110 Å². The molecule has 0 aliphatic carbocycles. The number of carbonyl (C=O) groups is 9. The van der Waals surface area contributed by atoms with Crippen LogP contribution in [0.15, 0.2) is 0 Å². The molecule has 0 fully saturated rings. The summed E-state index contributed by atoms with van der Waals surface area (Å²) in [6, 6.07) is -7.27. The number of hydrogen-bond acceptors (Lipinski definition) is 10. The van der Waals surface area contributed by atoms with Crippen molar-refractivity contribution in [3.63, 3.8) is 0 Å². The quantitative estimate of drug-likeness (QED) is 0.0493. The Morgan fingerprint density at radius 1 is 0.422 bits per heavy atom. The lowest BCUT2D eigenvalue weighted by Gasteiger charge is -2.28. The minimum absolute atomic E-state index is 0.0255.